The van der Waals surface area contributed by atoms with Crippen molar-refractivity contribution in [2.45, 2.75) is 6.23 Å². The van der Waals surface area contributed by atoms with Gasteiger partial charge < -0.3 is 19.5 Å². The van der Waals surface area contributed by atoms with E-state index in [-0.39, 0.29) is 0 Å². The van der Waals surface area contributed by atoms with Crippen LogP contribution in [0.1, 0.15) is 22.1 Å². The molecule has 0 saturated carbocycles. The molecule has 0 spiro atoms. The van der Waals surface area contributed by atoms with E-state index in [2.05, 4.69) is 5.32 Å². The Kier molecular flexibility index (Phi) is 4.24. The zero-order valence-electron chi connectivity index (χ0n) is 12.4. The topological polar surface area (TPSA) is 56.8 Å². The molecule has 0 unspecified atom stereocenters. The molecule has 1 heterocycles. The largest absolute Gasteiger partial charge is 0.493 e. The lowest BCUT2D eigenvalue weighted by atomic mass is 10.1. The van der Waals surface area contributed by atoms with E-state index in [4.69, 9.17) is 37.4 Å². The number of carbonyl (C=O) groups is 1. The summed E-state index contributed by atoms with van der Waals surface area (Å²) in [6, 6.07) is 8.65. The quantitative estimate of drug-likeness (QED) is 0.830. The van der Waals surface area contributed by atoms with Crippen LogP contribution in [0.4, 0.5) is 5.69 Å². The molecular formula is C16H13Cl2NO4. The van der Waals surface area contributed by atoms with Crippen LogP contribution in [0.15, 0.2) is 30.3 Å². The van der Waals surface area contributed by atoms with Gasteiger partial charge in [0.25, 0.3) is 0 Å². The number of benzene rings is 2. The Labute approximate surface area is 143 Å². The maximum Gasteiger partial charge on any atom is 0.344 e. The number of carbonyl (C=O) groups excluding carboxylic acids is 1. The molecule has 0 radical (unpaired) electrons. The van der Waals surface area contributed by atoms with Crippen molar-refractivity contribution >= 4 is 34.9 Å². The van der Waals surface area contributed by atoms with Gasteiger partial charge in [0.2, 0.25) is 6.23 Å². The number of methoxy groups -OCH3 is 2. The molecule has 0 saturated heterocycles. The Morgan fingerprint density at radius 1 is 1.13 bits per heavy atom. The highest BCUT2D eigenvalue weighted by Crippen LogP contribution is 2.43. The summed E-state index contributed by atoms with van der Waals surface area (Å²) in [5, 5.41) is 3.84. The minimum atomic E-state index is -0.687. The molecule has 1 N–H and O–H groups in total. The van der Waals surface area contributed by atoms with Gasteiger partial charge in [0, 0.05) is 5.56 Å². The number of rotatable bonds is 4. The van der Waals surface area contributed by atoms with Crippen molar-refractivity contribution in [3.8, 4) is 11.5 Å². The molecular weight excluding hydrogens is 341 g/mol. The summed E-state index contributed by atoms with van der Waals surface area (Å²) in [5.41, 5.74) is 1.55. The molecule has 1 atom stereocenters. The molecule has 7 heteroatoms. The molecule has 0 amide bonds. The van der Waals surface area contributed by atoms with Gasteiger partial charge in [-0.25, -0.2) is 4.79 Å². The predicted molar refractivity (Wildman–Crippen MR) is 87.8 cm³/mol. The normalized spacial score (nSPS) is 15.8. The van der Waals surface area contributed by atoms with Gasteiger partial charge in [-0.3, -0.25) is 0 Å². The van der Waals surface area contributed by atoms with Crippen LogP contribution in [0.3, 0.4) is 0 Å². The van der Waals surface area contributed by atoms with Crippen LogP contribution in [-0.2, 0) is 4.74 Å². The lowest BCUT2D eigenvalue weighted by molar-refractivity contribution is 0.0435. The van der Waals surface area contributed by atoms with E-state index in [0.29, 0.717) is 38.4 Å². The number of fused-ring (bicyclic) bond motifs is 1. The second kappa shape index (κ2) is 6.18. The van der Waals surface area contributed by atoms with Gasteiger partial charge in [0.05, 0.1) is 30.0 Å². The summed E-state index contributed by atoms with van der Waals surface area (Å²) in [6.07, 6.45) is -0.687. The molecule has 2 aromatic rings. The maximum atomic E-state index is 12.2. The Morgan fingerprint density at radius 3 is 2.61 bits per heavy atom. The number of halogens is 2. The third kappa shape index (κ3) is 2.66. The average molecular weight is 354 g/mol. The van der Waals surface area contributed by atoms with Crippen LogP contribution in [0, 0.1) is 0 Å². The molecule has 0 bridgehead atoms. The molecule has 0 aromatic heterocycles. The van der Waals surface area contributed by atoms with E-state index in [1.165, 1.54) is 14.2 Å². The van der Waals surface area contributed by atoms with Gasteiger partial charge in [-0.1, -0.05) is 29.3 Å². The van der Waals surface area contributed by atoms with Crippen molar-refractivity contribution in [2.24, 2.45) is 0 Å². The number of hydrogen-bond acceptors (Lipinski definition) is 5. The van der Waals surface area contributed by atoms with E-state index in [1.54, 1.807) is 30.3 Å². The number of hydrogen-bond donors (Lipinski definition) is 1. The van der Waals surface area contributed by atoms with Gasteiger partial charge in [-0.2, -0.15) is 0 Å². The highest BCUT2D eigenvalue weighted by atomic mass is 35.5. The van der Waals surface area contributed by atoms with Crippen molar-refractivity contribution in [1.29, 1.82) is 0 Å². The third-order valence-electron chi connectivity index (χ3n) is 3.53. The summed E-state index contributed by atoms with van der Waals surface area (Å²) >= 11 is 12.2. The monoisotopic (exact) mass is 353 g/mol. The Balaban J connectivity index is 2.01. The van der Waals surface area contributed by atoms with Crippen LogP contribution in [0.2, 0.25) is 10.0 Å². The zero-order valence-corrected chi connectivity index (χ0v) is 13.9. The van der Waals surface area contributed by atoms with E-state index in [9.17, 15) is 4.79 Å². The standard InChI is InChI=1S/C16H13Cl2NO4/c1-21-11-7-6-8-12(14(11)22-2)16(20)23-15(8)19-10-5-3-4-9(17)13(10)18/h3-7,15,19H,1-2H3/t15-/m1/s1. The first kappa shape index (κ1) is 15.8. The van der Waals surface area contributed by atoms with Gasteiger partial charge in [0.1, 0.15) is 5.56 Å². The minimum absolute atomic E-state index is 0.336. The van der Waals surface area contributed by atoms with Crippen molar-refractivity contribution < 1.29 is 19.0 Å². The fourth-order valence-electron chi connectivity index (χ4n) is 2.46. The van der Waals surface area contributed by atoms with E-state index < -0.39 is 12.2 Å². The molecule has 3 rings (SSSR count). The highest BCUT2D eigenvalue weighted by molar-refractivity contribution is 6.43. The second-order valence-corrected chi connectivity index (χ2v) is 5.58. The molecule has 5 nitrogen and oxygen atoms in total. The fraction of sp³-hybridized carbons (Fsp3) is 0.188. The SMILES string of the molecule is COc1ccc2c(c1OC)C(=O)O[C@H]2Nc1cccc(Cl)c1Cl. The third-order valence-corrected chi connectivity index (χ3v) is 4.35. The van der Waals surface area contributed by atoms with Crippen molar-refractivity contribution in [3.63, 3.8) is 0 Å². The molecule has 0 fully saturated rings. The van der Waals surface area contributed by atoms with E-state index >= 15 is 0 Å². The summed E-state index contributed by atoms with van der Waals surface area (Å²) in [4.78, 5) is 12.2. The van der Waals surface area contributed by atoms with E-state index in [0.717, 1.165) is 0 Å². The van der Waals surface area contributed by atoms with Crippen molar-refractivity contribution in [1.82, 2.24) is 0 Å². The zero-order chi connectivity index (χ0) is 16.6. The molecule has 23 heavy (non-hydrogen) atoms. The smallest absolute Gasteiger partial charge is 0.344 e. The number of anilines is 1. The van der Waals surface area contributed by atoms with Gasteiger partial charge in [-0.15, -0.1) is 0 Å². The summed E-state index contributed by atoms with van der Waals surface area (Å²) in [5.74, 6) is 0.313. The average Bonchev–Trinajstić information content (AvgIpc) is 2.87. The van der Waals surface area contributed by atoms with Crippen LogP contribution in [-0.4, -0.2) is 20.2 Å². The second-order valence-electron chi connectivity index (χ2n) is 4.80. The van der Waals surface area contributed by atoms with Crippen LogP contribution in [0.5, 0.6) is 11.5 Å². The lowest BCUT2D eigenvalue weighted by Crippen LogP contribution is -2.10. The lowest BCUT2D eigenvalue weighted by Gasteiger charge is -2.16. The molecule has 1 aliphatic heterocycles. The van der Waals surface area contributed by atoms with Crippen LogP contribution in [0.25, 0.3) is 0 Å². The Bertz CT molecular complexity index is 779. The van der Waals surface area contributed by atoms with Crippen molar-refractivity contribution in [3.05, 3.63) is 51.5 Å². The summed E-state index contributed by atoms with van der Waals surface area (Å²) < 4.78 is 15.9. The molecule has 0 aliphatic carbocycles. The number of esters is 1. The number of cyclic esters (lactones) is 1. The minimum Gasteiger partial charge on any atom is -0.493 e. The molecule has 120 valence electrons. The van der Waals surface area contributed by atoms with E-state index in [1.807, 2.05) is 0 Å². The van der Waals surface area contributed by atoms with Crippen LogP contribution < -0.4 is 14.8 Å². The van der Waals surface area contributed by atoms with Crippen molar-refractivity contribution in [2.75, 3.05) is 19.5 Å². The summed E-state index contributed by atoms with van der Waals surface area (Å²) in [6.45, 7) is 0. The maximum absolute atomic E-state index is 12.2. The number of nitrogens with one attached hydrogen (secondary N) is 1. The van der Waals surface area contributed by atoms with Gasteiger partial charge in [-0.05, 0) is 24.3 Å². The highest BCUT2D eigenvalue weighted by Gasteiger charge is 2.36. The fourth-order valence-corrected chi connectivity index (χ4v) is 2.82. The Hall–Kier alpha value is -2.11. The first-order chi connectivity index (χ1) is 11.1. The molecule has 2 aromatic carbocycles. The summed E-state index contributed by atoms with van der Waals surface area (Å²) in [7, 11) is 2.98. The van der Waals surface area contributed by atoms with Crippen LogP contribution >= 0.6 is 23.2 Å². The molecule has 1 aliphatic rings. The Morgan fingerprint density at radius 2 is 1.91 bits per heavy atom. The van der Waals surface area contributed by atoms with Gasteiger partial charge >= 0.3 is 5.97 Å². The predicted octanol–water partition coefficient (Wildman–Crippen LogP) is 4.29. The number of ether oxygens (including phenoxy) is 3. The first-order valence-corrected chi connectivity index (χ1v) is 7.48. The first-order valence-electron chi connectivity index (χ1n) is 6.73. The van der Waals surface area contributed by atoms with Gasteiger partial charge in [0.15, 0.2) is 11.5 Å².